The Labute approximate surface area is 80.4 Å². The third-order valence-corrected chi connectivity index (χ3v) is 2.32. The number of halogens is 3. The molecule has 1 rings (SSSR count). The topological polar surface area (TPSA) is 12.5 Å². The van der Waals surface area contributed by atoms with Gasteiger partial charge in [-0.2, -0.15) is 25.8 Å². The van der Waals surface area contributed by atoms with Crippen LogP contribution < -0.4 is 0 Å². The fourth-order valence-electron chi connectivity index (χ4n) is 1.21. The summed E-state index contributed by atoms with van der Waals surface area (Å²) < 4.78 is 41.2. The predicted molar refractivity (Wildman–Crippen MR) is 45.8 cm³/mol. The molecular formula is C7H12F3NOS. The number of hydrogen-bond donors (Lipinski definition) is 1. The summed E-state index contributed by atoms with van der Waals surface area (Å²) in [5, 5.41) is -0.159. The summed E-state index contributed by atoms with van der Waals surface area (Å²) >= 11 is 4.08. The lowest BCUT2D eigenvalue weighted by atomic mass is 10.2. The number of thiol groups is 1. The fraction of sp³-hybridized carbons (Fsp3) is 1.00. The van der Waals surface area contributed by atoms with E-state index in [1.807, 2.05) is 0 Å². The molecule has 1 aliphatic heterocycles. The summed E-state index contributed by atoms with van der Waals surface area (Å²) in [6, 6.07) is 0. The summed E-state index contributed by atoms with van der Waals surface area (Å²) in [6.07, 6.45) is -5.92. The van der Waals surface area contributed by atoms with Crippen molar-refractivity contribution in [3.8, 4) is 0 Å². The fourth-order valence-corrected chi connectivity index (χ4v) is 1.42. The smallest absolute Gasteiger partial charge is 0.366 e. The zero-order chi connectivity index (χ0) is 10.1. The van der Waals surface area contributed by atoms with E-state index in [0.717, 1.165) is 0 Å². The molecule has 1 unspecified atom stereocenters. The van der Waals surface area contributed by atoms with Gasteiger partial charge in [-0.3, -0.25) is 4.90 Å². The van der Waals surface area contributed by atoms with Crippen molar-refractivity contribution in [2.45, 2.75) is 24.6 Å². The number of hydrogen-bond acceptors (Lipinski definition) is 3. The molecule has 1 heterocycles. The van der Waals surface area contributed by atoms with E-state index in [-0.39, 0.29) is 18.5 Å². The quantitative estimate of drug-likeness (QED) is 0.666. The Morgan fingerprint density at radius 1 is 1.54 bits per heavy atom. The van der Waals surface area contributed by atoms with Crippen molar-refractivity contribution < 1.29 is 17.9 Å². The Balaban J connectivity index is 2.52. The molecule has 6 heteroatoms. The molecule has 78 valence electrons. The first-order chi connectivity index (χ1) is 5.91. The molecule has 13 heavy (non-hydrogen) atoms. The van der Waals surface area contributed by atoms with Crippen LogP contribution in [0.15, 0.2) is 0 Å². The van der Waals surface area contributed by atoms with E-state index >= 15 is 0 Å². The highest BCUT2D eigenvalue weighted by atomic mass is 32.1. The lowest BCUT2D eigenvalue weighted by Crippen LogP contribution is -2.50. The number of nitrogens with zero attached hydrogens (tertiary/aromatic N) is 1. The largest absolute Gasteiger partial charge is 0.415 e. The summed E-state index contributed by atoms with van der Waals surface area (Å²) in [6.45, 7) is 2.27. The van der Waals surface area contributed by atoms with Crippen LogP contribution in [0.25, 0.3) is 0 Å². The van der Waals surface area contributed by atoms with Crippen LogP contribution >= 0.6 is 12.6 Å². The second-order valence-corrected chi connectivity index (χ2v) is 3.78. The molecule has 0 spiro atoms. The Kier molecular flexibility index (Phi) is 3.48. The molecule has 0 bridgehead atoms. The van der Waals surface area contributed by atoms with Gasteiger partial charge in [-0.05, 0) is 6.92 Å². The average Bonchev–Trinajstić information content (AvgIpc) is 2.03. The molecule has 0 radical (unpaired) electrons. The number of ether oxygens (including phenoxy) is 1. The normalized spacial score (nSPS) is 28.8. The lowest BCUT2D eigenvalue weighted by molar-refractivity contribution is -0.237. The van der Waals surface area contributed by atoms with Crippen LogP contribution in [0.2, 0.25) is 0 Å². The SMILES string of the molecule is CC(S)N1CCO[C@@H](C(F)(F)F)C1. The molecule has 0 saturated carbocycles. The van der Waals surface area contributed by atoms with E-state index in [0.29, 0.717) is 6.54 Å². The van der Waals surface area contributed by atoms with Crippen LogP contribution in [-0.2, 0) is 4.74 Å². The van der Waals surface area contributed by atoms with E-state index in [1.54, 1.807) is 11.8 Å². The molecule has 0 amide bonds. The minimum absolute atomic E-state index is 0.117. The molecule has 0 aromatic heterocycles. The minimum atomic E-state index is -4.26. The zero-order valence-electron chi connectivity index (χ0n) is 7.21. The van der Waals surface area contributed by atoms with Crippen molar-refractivity contribution in [2.24, 2.45) is 0 Å². The predicted octanol–water partition coefficient (Wildman–Crippen LogP) is 1.53. The van der Waals surface area contributed by atoms with E-state index in [1.165, 1.54) is 0 Å². The molecule has 2 atom stereocenters. The van der Waals surface area contributed by atoms with Crippen molar-refractivity contribution in [1.29, 1.82) is 0 Å². The first-order valence-corrected chi connectivity index (χ1v) is 4.53. The van der Waals surface area contributed by atoms with Gasteiger partial charge in [0.2, 0.25) is 0 Å². The van der Waals surface area contributed by atoms with E-state index in [4.69, 9.17) is 0 Å². The molecule has 0 aliphatic carbocycles. The maximum absolute atomic E-state index is 12.2. The standard InChI is InChI=1S/C7H12F3NOS/c1-5(13)11-2-3-12-6(4-11)7(8,9)10/h5-6,13H,2-4H2,1H3/t5?,6-/m1/s1. The molecule has 1 fully saturated rings. The van der Waals surface area contributed by atoms with Gasteiger partial charge < -0.3 is 4.74 Å². The van der Waals surface area contributed by atoms with Gasteiger partial charge in [-0.15, -0.1) is 0 Å². The summed E-state index contributed by atoms with van der Waals surface area (Å²) in [4.78, 5) is 1.64. The maximum atomic E-state index is 12.2. The van der Waals surface area contributed by atoms with Crippen molar-refractivity contribution in [1.82, 2.24) is 4.90 Å². The molecule has 2 nitrogen and oxygen atoms in total. The van der Waals surface area contributed by atoms with Crippen LogP contribution in [0.3, 0.4) is 0 Å². The number of alkyl halides is 3. The third-order valence-electron chi connectivity index (χ3n) is 1.99. The first kappa shape index (κ1) is 11.1. The Morgan fingerprint density at radius 2 is 2.15 bits per heavy atom. The number of morpholine rings is 1. The van der Waals surface area contributed by atoms with Crippen LogP contribution in [-0.4, -0.2) is 42.3 Å². The molecule has 1 saturated heterocycles. The highest BCUT2D eigenvalue weighted by Gasteiger charge is 2.43. The van der Waals surface area contributed by atoms with E-state index in [9.17, 15) is 13.2 Å². The second kappa shape index (κ2) is 4.06. The van der Waals surface area contributed by atoms with Gasteiger partial charge in [0.25, 0.3) is 0 Å². The van der Waals surface area contributed by atoms with Crippen molar-refractivity contribution in [3.05, 3.63) is 0 Å². The van der Waals surface area contributed by atoms with Crippen LogP contribution in [0.5, 0.6) is 0 Å². The van der Waals surface area contributed by atoms with Crippen molar-refractivity contribution >= 4 is 12.6 Å². The summed E-state index contributed by atoms with van der Waals surface area (Å²) in [5.74, 6) is 0. The maximum Gasteiger partial charge on any atom is 0.415 e. The van der Waals surface area contributed by atoms with Crippen molar-refractivity contribution in [2.75, 3.05) is 19.7 Å². The third kappa shape index (κ3) is 3.03. The van der Waals surface area contributed by atoms with E-state index < -0.39 is 12.3 Å². The molecule has 0 aromatic carbocycles. The van der Waals surface area contributed by atoms with Crippen LogP contribution in [0, 0.1) is 0 Å². The number of rotatable bonds is 1. The lowest BCUT2D eigenvalue weighted by Gasteiger charge is -2.35. The van der Waals surface area contributed by atoms with Gasteiger partial charge in [0.1, 0.15) is 0 Å². The first-order valence-electron chi connectivity index (χ1n) is 4.01. The second-order valence-electron chi connectivity index (χ2n) is 3.03. The Bertz CT molecular complexity index is 174. The Morgan fingerprint density at radius 3 is 2.62 bits per heavy atom. The monoisotopic (exact) mass is 215 g/mol. The highest BCUT2D eigenvalue weighted by molar-refractivity contribution is 7.80. The molecular weight excluding hydrogens is 203 g/mol. The van der Waals surface area contributed by atoms with Crippen molar-refractivity contribution in [3.63, 3.8) is 0 Å². The highest BCUT2D eigenvalue weighted by Crippen LogP contribution is 2.26. The molecule has 0 aromatic rings. The van der Waals surface area contributed by atoms with Gasteiger partial charge in [-0.1, -0.05) is 0 Å². The minimum Gasteiger partial charge on any atom is -0.366 e. The molecule has 0 N–H and O–H groups in total. The summed E-state index contributed by atoms with van der Waals surface area (Å²) in [5.41, 5.74) is 0. The average molecular weight is 215 g/mol. The zero-order valence-corrected chi connectivity index (χ0v) is 8.11. The van der Waals surface area contributed by atoms with Crippen LogP contribution in [0.4, 0.5) is 13.2 Å². The van der Waals surface area contributed by atoms with Gasteiger partial charge in [0.15, 0.2) is 6.10 Å². The van der Waals surface area contributed by atoms with Gasteiger partial charge in [0.05, 0.1) is 12.0 Å². The van der Waals surface area contributed by atoms with Gasteiger partial charge in [0, 0.05) is 13.1 Å². The Hall–Kier alpha value is 0.0600. The van der Waals surface area contributed by atoms with E-state index in [2.05, 4.69) is 17.4 Å². The van der Waals surface area contributed by atoms with Gasteiger partial charge >= 0.3 is 6.18 Å². The molecule has 1 aliphatic rings. The summed E-state index contributed by atoms with van der Waals surface area (Å²) in [7, 11) is 0. The van der Waals surface area contributed by atoms with Gasteiger partial charge in [-0.25, -0.2) is 0 Å². The van der Waals surface area contributed by atoms with Crippen LogP contribution in [0.1, 0.15) is 6.92 Å².